The Hall–Kier alpha value is -3.25. The van der Waals surface area contributed by atoms with Crippen molar-refractivity contribution in [2.24, 2.45) is 0 Å². The molecule has 0 saturated carbocycles. The van der Waals surface area contributed by atoms with E-state index in [1.54, 1.807) is 30.4 Å². The van der Waals surface area contributed by atoms with Gasteiger partial charge in [-0.25, -0.2) is 0 Å². The van der Waals surface area contributed by atoms with Gasteiger partial charge in [-0.1, -0.05) is 29.8 Å². The summed E-state index contributed by atoms with van der Waals surface area (Å²) in [6, 6.07) is 10.8. The number of rotatable bonds is 6. The Balaban J connectivity index is 1.84. The number of carbonyl (C=O) groups excluding carboxylic acids is 2. The Kier molecular flexibility index (Phi) is 7.95. The SMILES string of the molecule is COc1cc(/C=C/C(=O)N2CCCC/C(=C\c3ccccc3Cl)C2=O)cc(OC)c1OC. The highest BCUT2D eigenvalue weighted by Gasteiger charge is 2.25. The summed E-state index contributed by atoms with van der Waals surface area (Å²) < 4.78 is 16.0. The summed E-state index contributed by atoms with van der Waals surface area (Å²) in [6.07, 6.45) is 6.96. The molecule has 2 aromatic rings. The van der Waals surface area contributed by atoms with Crippen molar-refractivity contribution in [2.75, 3.05) is 27.9 Å². The monoisotopic (exact) mass is 455 g/mol. The topological polar surface area (TPSA) is 65.1 Å². The van der Waals surface area contributed by atoms with E-state index in [-0.39, 0.29) is 11.8 Å². The molecule has 168 valence electrons. The number of amides is 2. The molecule has 1 saturated heterocycles. The minimum atomic E-state index is -0.379. The average molecular weight is 456 g/mol. The van der Waals surface area contributed by atoms with Gasteiger partial charge < -0.3 is 14.2 Å². The number of likely N-dealkylation sites (tertiary alicyclic amines) is 1. The molecule has 0 aliphatic carbocycles. The number of ether oxygens (including phenoxy) is 3. The summed E-state index contributed by atoms with van der Waals surface area (Å²) in [5.41, 5.74) is 2.02. The lowest BCUT2D eigenvalue weighted by atomic mass is 10.1. The number of carbonyl (C=O) groups is 2. The second kappa shape index (κ2) is 10.9. The predicted molar refractivity (Wildman–Crippen MR) is 125 cm³/mol. The van der Waals surface area contributed by atoms with Gasteiger partial charge in [-0.3, -0.25) is 14.5 Å². The number of hydrogen-bond donors (Lipinski definition) is 0. The van der Waals surface area contributed by atoms with E-state index < -0.39 is 0 Å². The van der Waals surface area contributed by atoms with Gasteiger partial charge in [0, 0.05) is 23.2 Å². The van der Waals surface area contributed by atoms with Crippen LogP contribution in [0, 0.1) is 0 Å². The number of methoxy groups -OCH3 is 3. The van der Waals surface area contributed by atoms with Crippen molar-refractivity contribution in [1.82, 2.24) is 4.90 Å². The molecule has 0 radical (unpaired) electrons. The maximum absolute atomic E-state index is 13.1. The summed E-state index contributed by atoms with van der Waals surface area (Å²) in [7, 11) is 4.58. The number of imide groups is 1. The van der Waals surface area contributed by atoms with E-state index >= 15 is 0 Å². The smallest absolute Gasteiger partial charge is 0.256 e. The van der Waals surface area contributed by atoms with E-state index in [4.69, 9.17) is 25.8 Å². The molecule has 0 atom stereocenters. The van der Waals surface area contributed by atoms with Crippen LogP contribution in [0.4, 0.5) is 0 Å². The molecule has 0 aromatic heterocycles. The molecule has 1 fully saturated rings. The van der Waals surface area contributed by atoms with E-state index in [1.807, 2.05) is 18.2 Å². The quantitative estimate of drug-likeness (QED) is 0.573. The average Bonchev–Trinajstić information content (AvgIpc) is 2.99. The van der Waals surface area contributed by atoms with Crippen LogP contribution in [0.2, 0.25) is 5.02 Å². The Morgan fingerprint density at radius 1 is 1.03 bits per heavy atom. The van der Waals surface area contributed by atoms with E-state index in [0.717, 1.165) is 18.4 Å². The van der Waals surface area contributed by atoms with Gasteiger partial charge in [-0.2, -0.15) is 0 Å². The Bertz CT molecular complexity index is 1040. The van der Waals surface area contributed by atoms with Gasteiger partial charge in [0.1, 0.15) is 0 Å². The first-order valence-corrected chi connectivity index (χ1v) is 10.6. The molecule has 7 heteroatoms. The first kappa shape index (κ1) is 23.4. The Labute approximate surface area is 193 Å². The largest absolute Gasteiger partial charge is 0.493 e. The Morgan fingerprint density at radius 3 is 2.34 bits per heavy atom. The standard InChI is InChI=1S/C25H26ClNO5/c1-30-21-14-17(15-22(31-2)24(21)32-3)11-12-23(28)27-13-7-6-9-19(25(27)29)16-18-8-4-5-10-20(18)26/h4-5,8,10-12,14-16H,6-7,9,13H2,1-3H3/b12-11+,19-16+. The van der Waals surface area contributed by atoms with Gasteiger partial charge >= 0.3 is 0 Å². The number of hydrogen-bond acceptors (Lipinski definition) is 5. The lowest BCUT2D eigenvalue weighted by molar-refractivity contribution is -0.139. The highest BCUT2D eigenvalue weighted by molar-refractivity contribution is 6.32. The van der Waals surface area contributed by atoms with Gasteiger partial charge in [0.25, 0.3) is 11.8 Å². The molecule has 6 nitrogen and oxygen atoms in total. The first-order valence-electron chi connectivity index (χ1n) is 10.3. The fourth-order valence-corrected chi connectivity index (χ4v) is 3.74. The predicted octanol–water partition coefficient (Wildman–Crippen LogP) is 5.00. The van der Waals surface area contributed by atoms with Gasteiger partial charge in [-0.15, -0.1) is 0 Å². The summed E-state index contributed by atoms with van der Waals surface area (Å²) >= 11 is 6.24. The van der Waals surface area contributed by atoms with Crippen LogP contribution < -0.4 is 14.2 Å². The van der Waals surface area contributed by atoms with Gasteiger partial charge in [0.15, 0.2) is 11.5 Å². The summed E-state index contributed by atoms with van der Waals surface area (Å²) in [5.74, 6) is 0.762. The minimum Gasteiger partial charge on any atom is -0.493 e. The summed E-state index contributed by atoms with van der Waals surface area (Å²) in [6.45, 7) is 0.372. The third-order valence-corrected chi connectivity index (χ3v) is 5.55. The molecule has 1 aliphatic rings. The molecule has 1 heterocycles. The molecule has 2 amide bonds. The third-order valence-electron chi connectivity index (χ3n) is 5.20. The van der Waals surface area contributed by atoms with Crippen molar-refractivity contribution in [3.63, 3.8) is 0 Å². The zero-order valence-electron chi connectivity index (χ0n) is 18.4. The van der Waals surface area contributed by atoms with Crippen LogP contribution in [-0.2, 0) is 9.59 Å². The van der Waals surface area contributed by atoms with E-state index in [9.17, 15) is 9.59 Å². The molecule has 32 heavy (non-hydrogen) atoms. The summed E-state index contributed by atoms with van der Waals surface area (Å²) in [4.78, 5) is 27.3. The maximum atomic E-state index is 13.1. The van der Waals surface area contributed by atoms with E-state index in [2.05, 4.69) is 0 Å². The second-order valence-corrected chi connectivity index (χ2v) is 7.64. The molecule has 1 aliphatic heterocycles. The highest BCUT2D eigenvalue weighted by atomic mass is 35.5. The zero-order chi connectivity index (χ0) is 23.1. The van der Waals surface area contributed by atoms with Gasteiger partial charge in [-0.05, 0) is 60.7 Å². The van der Waals surface area contributed by atoms with Crippen molar-refractivity contribution in [1.29, 1.82) is 0 Å². The summed E-state index contributed by atoms with van der Waals surface area (Å²) in [5, 5.41) is 0.567. The van der Waals surface area contributed by atoms with Crippen molar-refractivity contribution in [3.8, 4) is 17.2 Å². The van der Waals surface area contributed by atoms with Crippen LogP contribution in [0.5, 0.6) is 17.2 Å². The number of benzene rings is 2. The minimum absolute atomic E-state index is 0.290. The number of halogens is 1. The molecule has 0 bridgehead atoms. The van der Waals surface area contributed by atoms with Crippen LogP contribution in [0.25, 0.3) is 12.2 Å². The number of nitrogens with zero attached hydrogens (tertiary/aromatic N) is 1. The molecular formula is C25H26ClNO5. The molecule has 2 aromatic carbocycles. The Morgan fingerprint density at radius 2 is 1.72 bits per heavy atom. The third kappa shape index (κ3) is 5.32. The van der Waals surface area contributed by atoms with Crippen LogP contribution in [0.15, 0.2) is 48.0 Å². The van der Waals surface area contributed by atoms with Gasteiger partial charge in [0.05, 0.1) is 21.3 Å². The van der Waals surface area contributed by atoms with Crippen LogP contribution in [0.3, 0.4) is 0 Å². The first-order chi connectivity index (χ1) is 15.5. The fraction of sp³-hybridized carbons (Fsp3) is 0.280. The lowest BCUT2D eigenvalue weighted by Crippen LogP contribution is -2.36. The molecular weight excluding hydrogens is 430 g/mol. The molecule has 0 unspecified atom stereocenters. The highest BCUT2D eigenvalue weighted by Crippen LogP contribution is 2.38. The van der Waals surface area contributed by atoms with Crippen molar-refractivity contribution in [3.05, 3.63) is 64.2 Å². The second-order valence-electron chi connectivity index (χ2n) is 7.24. The normalized spacial score (nSPS) is 15.7. The molecule has 3 rings (SSSR count). The lowest BCUT2D eigenvalue weighted by Gasteiger charge is -2.17. The maximum Gasteiger partial charge on any atom is 0.256 e. The van der Waals surface area contributed by atoms with Crippen LogP contribution >= 0.6 is 11.6 Å². The van der Waals surface area contributed by atoms with Gasteiger partial charge in [0.2, 0.25) is 5.75 Å². The molecule has 0 N–H and O–H groups in total. The molecule has 0 spiro atoms. The zero-order valence-corrected chi connectivity index (χ0v) is 19.1. The van der Waals surface area contributed by atoms with E-state index in [0.29, 0.717) is 46.4 Å². The van der Waals surface area contributed by atoms with Crippen molar-refractivity contribution >= 4 is 35.6 Å². The van der Waals surface area contributed by atoms with Crippen molar-refractivity contribution < 1.29 is 23.8 Å². The van der Waals surface area contributed by atoms with Crippen LogP contribution in [0.1, 0.15) is 30.4 Å². The van der Waals surface area contributed by atoms with E-state index in [1.165, 1.54) is 32.3 Å². The fourth-order valence-electron chi connectivity index (χ4n) is 3.55. The van der Waals surface area contributed by atoms with Crippen molar-refractivity contribution in [2.45, 2.75) is 19.3 Å². The van der Waals surface area contributed by atoms with Crippen LogP contribution in [-0.4, -0.2) is 44.6 Å².